The Bertz CT molecular complexity index is 476. The van der Waals surface area contributed by atoms with Crippen LogP contribution >= 0.6 is 12.6 Å². The lowest BCUT2D eigenvalue weighted by Crippen LogP contribution is -2.72. The molecule has 0 radical (unpaired) electrons. The van der Waals surface area contributed by atoms with E-state index >= 15 is 0 Å². The minimum Gasteiger partial charge on any atom is -0.200 e. The van der Waals surface area contributed by atoms with Crippen LogP contribution in [-0.2, 0) is 0 Å². The summed E-state index contributed by atoms with van der Waals surface area (Å²) in [4.78, 5) is 0. The van der Waals surface area contributed by atoms with Gasteiger partial charge in [-0.3, -0.25) is 0 Å². The molecule has 0 fully saturated rings. The van der Waals surface area contributed by atoms with Crippen molar-refractivity contribution in [3.63, 3.8) is 0 Å². The molecule has 0 aliphatic heterocycles. The van der Waals surface area contributed by atoms with E-state index in [2.05, 4.69) is 12.6 Å². The average Bonchev–Trinajstić information content (AvgIpc) is 2.35. The Labute approximate surface area is 133 Å². The zero-order valence-corrected chi connectivity index (χ0v) is 11.9. The van der Waals surface area contributed by atoms with E-state index in [1.165, 1.54) is 0 Å². The van der Waals surface area contributed by atoms with Crippen molar-refractivity contribution in [3.8, 4) is 0 Å². The molecule has 0 saturated carbocycles. The maximum Gasteiger partial charge on any atom is 0.460 e. The van der Waals surface area contributed by atoms with Gasteiger partial charge in [0.1, 0.15) is 0 Å². The van der Waals surface area contributed by atoms with Gasteiger partial charge in [-0.2, -0.15) is 78.5 Å². The second kappa shape index (κ2) is 6.18. The van der Waals surface area contributed by atoms with E-state index in [0.29, 0.717) is 0 Å². The first-order valence-electron chi connectivity index (χ1n) is 5.50. The minimum atomic E-state index is -8.22. The third-order valence-electron chi connectivity index (χ3n) is 2.82. The van der Waals surface area contributed by atoms with Gasteiger partial charge in [0.2, 0.25) is 0 Å². The van der Waals surface area contributed by atoms with Gasteiger partial charge in [-0.1, -0.05) is 0 Å². The maximum atomic E-state index is 13.0. The molecule has 16 heteroatoms. The van der Waals surface area contributed by atoms with Crippen molar-refractivity contribution in [3.05, 3.63) is 0 Å². The summed E-state index contributed by atoms with van der Waals surface area (Å²) in [5, 5.41) is 0. The van der Waals surface area contributed by atoms with Crippen LogP contribution in [-0.4, -0.2) is 47.5 Å². The molecule has 0 atom stereocenters. The highest BCUT2D eigenvalue weighted by Crippen LogP contribution is 2.62. The Hall–Kier alpha value is -0.700. The summed E-state index contributed by atoms with van der Waals surface area (Å²) in [7, 11) is 0. The summed E-state index contributed by atoms with van der Waals surface area (Å²) in [6.07, 6.45) is -9.99. The van der Waals surface area contributed by atoms with Crippen LogP contribution in [0.15, 0.2) is 0 Å². The molecule has 0 N–H and O–H groups in total. The van der Waals surface area contributed by atoms with Gasteiger partial charge >= 0.3 is 41.7 Å². The van der Waals surface area contributed by atoms with E-state index in [-0.39, 0.29) is 0 Å². The molecular weight excluding hydrogens is 425 g/mol. The van der Waals surface area contributed by atoms with Crippen molar-refractivity contribution in [1.29, 1.82) is 0 Å². The highest BCUT2D eigenvalue weighted by atomic mass is 32.1. The molecule has 0 aromatic heterocycles. The van der Waals surface area contributed by atoms with Crippen LogP contribution in [0, 0.1) is 0 Å². The number of hydrogen-bond donors (Lipinski definition) is 1. The fourth-order valence-electron chi connectivity index (χ4n) is 1.30. The van der Waals surface area contributed by atoms with Crippen molar-refractivity contribution in [2.45, 2.75) is 48.1 Å². The van der Waals surface area contributed by atoms with Crippen molar-refractivity contribution in [2.24, 2.45) is 0 Å². The predicted octanol–water partition coefficient (Wildman–Crippen LogP) is 5.68. The topological polar surface area (TPSA) is 0 Å². The summed E-state index contributed by atoms with van der Waals surface area (Å²) in [6.45, 7) is 0. The van der Waals surface area contributed by atoms with Gasteiger partial charge in [0.15, 0.2) is 0 Å². The lowest BCUT2D eigenvalue weighted by atomic mass is 9.90. The Kier molecular flexibility index (Phi) is 6.01. The van der Waals surface area contributed by atoms with E-state index in [0.717, 1.165) is 0 Å². The molecule has 0 bridgehead atoms. The molecule has 0 aliphatic rings. The zero-order chi connectivity index (χ0) is 20.9. The van der Waals surface area contributed by atoms with Crippen molar-refractivity contribution < 1.29 is 65.9 Å². The molecule has 0 spiro atoms. The van der Waals surface area contributed by atoms with Gasteiger partial charge in [0, 0.05) is 6.42 Å². The van der Waals surface area contributed by atoms with Crippen LogP contribution in [0.4, 0.5) is 65.9 Å². The van der Waals surface area contributed by atoms with E-state index in [1.807, 2.05) is 0 Å². The Morgan fingerprint density at radius 2 is 0.720 bits per heavy atom. The third-order valence-corrected chi connectivity index (χ3v) is 3.04. The smallest absolute Gasteiger partial charge is 0.200 e. The quantitative estimate of drug-likeness (QED) is 0.390. The van der Waals surface area contributed by atoms with E-state index in [1.54, 1.807) is 0 Å². The molecule has 0 saturated heterocycles. The Balaban J connectivity index is 6.40. The monoisotopic (exact) mass is 430 g/mol. The fraction of sp³-hybridized carbons (Fsp3) is 1.00. The number of thiol groups is 1. The van der Waals surface area contributed by atoms with Gasteiger partial charge in [-0.15, -0.1) is 0 Å². The van der Waals surface area contributed by atoms with Crippen molar-refractivity contribution >= 4 is 12.6 Å². The normalized spacial score (nSPS) is 16.3. The fourth-order valence-corrected chi connectivity index (χ4v) is 1.58. The molecular formula is C9H5F15S. The van der Waals surface area contributed by atoms with Crippen molar-refractivity contribution in [1.82, 2.24) is 0 Å². The molecule has 0 aliphatic carbocycles. The largest absolute Gasteiger partial charge is 0.460 e. The Morgan fingerprint density at radius 3 is 1.00 bits per heavy atom. The molecule has 0 heterocycles. The summed E-state index contributed by atoms with van der Waals surface area (Å²) >= 11 is 2.89. The van der Waals surface area contributed by atoms with Gasteiger partial charge in [0.05, 0.1) is 0 Å². The van der Waals surface area contributed by atoms with Crippen LogP contribution in [0.3, 0.4) is 0 Å². The molecule has 152 valence electrons. The van der Waals surface area contributed by atoms with Gasteiger partial charge in [-0.05, 0) is 5.75 Å². The second-order valence-electron chi connectivity index (χ2n) is 4.55. The highest BCUT2D eigenvalue weighted by molar-refractivity contribution is 7.80. The predicted molar refractivity (Wildman–Crippen MR) is 54.2 cm³/mol. The van der Waals surface area contributed by atoms with Gasteiger partial charge < -0.3 is 0 Å². The maximum absolute atomic E-state index is 13.0. The first-order valence-corrected chi connectivity index (χ1v) is 6.14. The van der Waals surface area contributed by atoms with Crippen molar-refractivity contribution in [2.75, 3.05) is 5.75 Å². The molecule has 0 aromatic carbocycles. The molecule has 0 amide bonds. The van der Waals surface area contributed by atoms with Crippen LogP contribution in [0.2, 0.25) is 0 Å². The van der Waals surface area contributed by atoms with E-state index in [9.17, 15) is 65.9 Å². The lowest BCUT2D eigenvalue weighted by Gasteiger charge is -2.41. The minimum absolute atomic E-state index is 1.38. The number of alkyl halides is 15. The standard InChI is InChI=1S/C9H5F15S/c10-3(11,1-2-25)4(12,13)5(14,15)6(16,17)7(18,19)8(20,21)9(22,23)24/h25H,1-2H2. The number of halogens is 15. The first kappa shape index (κ1) is 24.3. The third kappa shape index (κ3) is 3.22. The number of hydrogen-bond acceptors (Lipinski definition) is 1. The molecule has 0 unspecified atom stereocenters. The Morgan fingerprint density at radius 1 is 0.440 bits per heavy atom. The van der Waals surface area contributed by atoms with Gasteiger partial charge in [-0.25, -0.2) is 0 Å². The van der Waals surface area contributed by atoms with Crippen LogP contribution in [0.5, 0.6) is 0 Å². The van der Waals surface area contributed by atoms with Crippen LogP contribution in [0.1, 0.15) is 6.42 Å². The van der Waals surface area contributed by atoms with E-state index < -0.39 is 53.9 Å². The molecule has 0 aromatic rings. The van der Waals surface area contributed by atoms with E-state index in [4.69, 9.17) is 0 Å². The molecule has 0 nitrogen and oxygen atoms in total. The lowest BCUT2D eigenvalue weighted by molar-refractivity contribution is -0.452. The van der Waals surface area contributed by atoms with Crippen LogP contribution < -0.4 is 0 Å². The second-order valence-corrected chi connectivity index (χ2v) is 4.99. The highest BCUT2D eigenvalue weighted by Gasteiger charge is 2.93. The summed E-state index contributed by atoms with van der Waals surface area (Å²) in [5.74, 6) is -47.3. The zero-order valence-electron chi connectivity index (χ0n) is 11.0. The average molecular weight is 430 g/mol. The first-order chi connectivity index (χ1) is 10.6. The number of rotatable bonds is 7. The van der Waals surface area contributed by atoms with Gasteiger partial charge in [0.25, 0.3) is 0 Å². The SMILES string of the molecule is FC(F)(F)C(F)(F)C(F)(F)C(F)(F)C(F)(F)C(F)(F)C(F)(F)CCS. The van der Waals surface area contributed by atoms with Crippen LogP contribution in [0.25, 0.3) is 0 Å². The summed E-state index contributed by atoms with van der Waals surface area (Å²) in [6, 6.07) is 0. The molecule has 0 rings (SSSR count). The summed E-state index contributed by atoms with van der Waals surface area (Å²) in [5.41, 5.74) is 0. The summed E-state index contributed by atoms with van der Waals surface area (Å²) < 4.78 is 189. The molecule has 25 heavy (non-hydrogen) atoms.